The van der Waals surface area contributed by atoms with Gasteiger partial charge in [0.05, 0.1) is 5.97 Å². The number of aliphatic hydroxyl groups is 1. The summed E-state index contributed by atoms with van der Waals surface area (Å²) in [6.07, 6.45) is 8.72. The van der Waals surface area contributed by atoms with Gasteiger partial charge in [-0.15, -0.1) is 0 Å². The normalized spacial score (nSPS) is 9.94. The Morgan fingerprint density at radius 3 is 1.44 bits per heavy atom. The monoisotopic (exact) mass is 507 g/mol. The zero-order valence-corrected chi connectivity index (χ0v) is 22.8. The van der Waals surface area contributed by atoms with E-state index in [9.17, 15) is 44.4 Å². The maximum atomic E-state index is 11.3. The van der Waals surface area contributed by atoms with Crippen LogP contribution in [0.15, 0.2) is 0 Å². The van der Waals surface area contributed by atoms with Crippen molar-refractivity contribution < 1.29 is 49.5 Å². The summed E-state index contributed by atoms with van der Waals surface area (Å²) in [5.41, 5.74) is -2.97. The van der Waals surface area contributed by atoms with Crippen LogP contribution >= 0.6 is 0 Å². The molecule has 13 heteroatoms. The number of carbonyl (C=O) groups is 5. The van der Waals surface area contributed by atoms with Gasteiger partial charge >= 0.3 is 46.1 Å². The minimum absolute atomic E-state index is 0. The van der Waals surface area contributed by atoms with Crippen LogP contribution in [0.4, 0.5) is 0 Å². The number of hydrogen-bond donors (Lipinski definition) is 2. The third-order valence-corrected chi connectivity index (χ3v) is 4.41. The number of nitrogens with one attached hydrogen (secondary N) is 1. The largest absolute Gasteiger partial charge is 2.00 e. The molecule has 1 amide bonds. The van der Waals surface area contributed by atoms with E-state index in [-0.39, 0.29) is 65.0 Å². The number of rotatable bonds is 18. The van der Waals surface area contributed by atoms with Gasteiger partial charge in [0.2, 0.25) is 5.91 Å². The van der Waals surface area contributed by atoms with Crippen molar-refractivity contribution in [2.24, 2.45) is 0 Å². The Hall–Kier alpha value is -1.16. The van der Waals surface area contributed by atoms with Crippen molar-refractivity contribution in [2.45, 2.75) is 96.0 Å². The summed E-state index contributed by atoms with van der Waals surface area (Å²) < 4.78 is 0. The molecule has 34 heavy (non-hydrogen) atoms. The van der Waals surface area contributed by atoms with E-state index in [0.717, 1.165) is 12.8 Å². The van der Waals surface area contributed by atoms with Crippen molar-refractivity contribution >= 4 is 75.9 Å². The van der Waals surface area contributed by atoms with Crippen LogP contribution < -0.4 is 25.7 Å². The number of carboxylic acids is 4. The number of carbonyl (C=O) groups excluding carboxylic acids is 5. The van der Waals surface area contributed by atoms with Gasteiger partial charge < -0.3 is 50.0 Å². The van der Waals surface area contributed by atoms with Gasteiger partial charge in [0.15, 0.2) is 0 Å². The first-order chi connectivity index (χ1) is 14.9. The molecule has 0 aliphatic carbocycles. The predicted molar refractivity (Wildman–Crippen MR) is 115 cm³/mol. The topological polar surface area (TPSA) is 210 Å². The van der Waals surface area contributed by atoms with E-state index < -0.39 is 42.3 Å². The summed E-state index contributed by atoms with van der Waals surface area (Å²) in [6, 6.07) is 0. The predicted octanol–water partition coefficient (Wildman–Crippen LogP) is -3.85. The van der Waals surface area contributed by atoms with Gasteiger partial charge in [0, 0.05) is 50.1 Å². The molecule has 2 N–H and O–H groups in total. The first kappa shape index (κ1) is 40.0. The van der Waals surface area contributed by atoms with Crippen molar-refractivity contribution in [3.8, 4) is 0 Å². The van der Waals surface area contributed by atoms with Gasteiger partial charge in [-0.25, -0.2) is 0 Å². The van der Waals surface area contributed by atoms with Crippen LogP contribution in [-0.2, 0) is 24.0 Å². The molecule has 0 aliphatic heterocycles. The van der Waals surface area contributed by atoms with Gasteiger partial charge in [0.1, 0.15) is 5.60 Å². The summed E-state index contributed by atoms with van der Waals surface area (Å²) in [6.45, 7) is 2.40. The van der Waals surface area contributed by atoms with Gasteiger partial charge in [0.25, 0.3) is 0 Å². The second kappa shape index (κ2) is 25.0. The number of hydrogen-bond acceptors (Lipinski definition) is 10. The standard InChI is InChI=1S/C15H29NO3.C6H8O7.2Mg/c1-2-3-4-5-6-7-8-9-10-11-14(17)16-13-12-15(18)19;7-3(8)1-6(13,5(11)12)2-4(9)10;;/h2-13H2,1H3,(H,16,17)(H,18,19);13H,1-2H2,(H,7,8)(H,9,10)(H,11,12);;/q;;2*+2/p-4. The third-order valence-electron chi connectivity index (χ3n) is 4.41. The smallest absolute Gasteiger partial charge is 0.550 e. The minimum atomic E-state index is -2.97. The van der Waals surface area contributed by atoms with Gasteiger partial charge in [-0.05, 0) is 6.42 Å². The van der Waals surface area contributed by atoms with Crippen LogP contribution in [0, 0.1) is 0 Å². The summed E-state index contributed by atoms with van der Waals surface area (Å²) in [5.74, 6) is -7.16. The van der Waals surface area contributed by atoms with Crippen LogP contribution in [0.1, 0.15) is 90.4 Å². The molecular weight excluding hydrogens is 475 g/mol. The maximum Gasteiger partial charge on any atom is 2.00 e. The van der Waals surface area contributed by atoms with Crippen LogP contribution in [0.2, 0.25) is 0 Å². The number of aliphatic carboxylic acids is 4. The van der Waals surface area contributed by atoms with Crippen LogP contribution in [-0.4, -0.2) is 93.1 Å². The first-order valence-corrected chi connectivity index (χ1v) is 10.7. The SMILES string of the molecule is CCCCCCCCCCCC(=O)NCCC(=O)[O-].O=C([O-])CC(O)(CC(=O)[O-])C(=O)[O-].[Mg+2].[Mg+2]. The van der Waals surface area contributed by atoms with Crippen molar-refractivity contribution in [3.05, 3.63) is 0 Å². The van der Waals surface area contributed by atoms with E-state index >= 15 is 0 Å². The second-order valence-corrected chi connectivity index (χ2v) is 7.47. The Bertz CT molecular complexity index is 586. The minimum Gasteiger partial charge on any atom is -0.550 e. The van der Waals surface area contributed by atoms with E-state index in [0.29, 0.717) is 6.42 Å². The number of unbranched alkanes of at least 4 members (excludes halogenated alkanes) is 8. The molecule has 11 nitrogen and oxygen atoms in total. The van der Waals surface area contributed by atoms with Crippen LogP contribution in [0.25, 0.3) is 0 Å². The van der Waals surface area contributed by atoms with Gasteiger partial charge in [-0.3, -0.25) is 4.79 Å². The maximum absolute atomic E-state index is 11.3. The van der Waals surface area contributed by atoms with E-state index in [4.69, 9.17) is 5.11 Å². The Kier molecular flexibility index (Phi) is 29.4. The quantitative estimate of drug-likeness (QED) is 0.136. The molecule has 0 radical (unpaired) electrons. The molecule has 0 spiro atoms. The molecule has 0 fully saturated rings. The van der Waals surface area contributed by atoms with Gasteiger partial charge in [-0.1, -0.05) is 58.3 Å². The van der Waals surface area contributed by atoms with Crippen LogP contribution in [0.5, 0.6) is 0 Å². The van der Waals surface area contributed by atoms with Crippen LogP contribution in [0.3, 0.4) is 0 Å². The van der Waals surface area contributed by atoms with Crippen molar-refractivity contribution in [1.29, 1.82) is 0 Å². The van der Waals surface area contributed by atoms with Crippen molar-refractivity contribution in [2.75, 3.05) is 6.54 Å². The molecule has 0 atom stereocenters. The van der Waals surface area contributed by atoms with Crippen molar-refractivity contribution in [3.63, 3.8) is 0 Å². The molecule has 0 aromatic heterocycles. The molecule has 0 bridgehead atoms. The average Bonchev–Trinajstić information content (AvgIpc) is 2.65. The summed E-state index contributed by atoms with van der Waals surface area (Å²) >= 11 is 0. The number of carboxylic acid groups (broad SMARTS) is 4. The molecule has 0 aromatic rings. The van der Waals surface area contributed by atoms with E-state index in [1.54, 1.807) is 0 Å². The third kappa shape index (κ3) is 27.1. The van der Waals surface area contributed by atoms with E-state index in [1.807, 2.05) is 0 Å². The molecule has 0 aliphatic rings. The zero-order valence-electron chi connectivity index (χ0n) is 19.9. The van der Waals surface area contributed by atoms with E-state index in [1.165, 1.54) is 44.9 Å². The summed E-state index contributed by atoms with van der Waals surface area (Å²) in [7, 11) is 0. The molecule has 0 saturated heterocycles. The summed E-state index contributed by atoms with van der Waals surface area (Å²) in [4.78, 5) is 51.5. The zero-order chi connectivity index (χ0) is 25.0. The molecule has 0 aromatic carbocycles. The summed E-state index contributed by atoms with van der Waals surface area (Å²) in [5, 5.41) is 51.6. The fraction of sp³-hybridized carbons (Fsp3) is 0.762. The Morgan fingerprint density at radius 1 is 0.676 bits per heavy atom. The Balaban J connectivity index is -0.000000266. The first-order valence-electron chi connectivity index (χ1n) is 10.7. The molecular formula is C21H33Mg2NO10. The van der Waals surface area contributed by atoms with Crippen molar-refractivity contribution in [1.82, 2.24) is 5.32 Å². The Morgan fingerprint density at radius 2 is 1.09 bits per heavy atom. The second-order valence-electron chi connectivity index (χ2n) is 7.47. The Labute approximate surface area is 232 Å². The number of amides is 1. The fourth-order valence-corrected chi connectivity index (χ4v) is 2.67. The molecule has 0 unspecified atom stereocenters. The molecule has 186 valence electrons. The van der Waals surface area contributed by atoms with E-state index in [2.05, 4.69) is 12.2 Å². The van der Waals surface area contributed by atoms with Gasteiger partial charge in [-0.2, -0.15) is 0 Å². The molecule has 0 heterocycles. The fourth-order valence-electron chi connectivity index (χ4n) is 2.67. The molecule has 0 rings (SSSR count). The molecule has 0 saturated carbocycles. The average molecular weight is 508 g/mol.